The fraction of sp³-hybridized carbons (Fsp3) is 0.438. The highest BCUT2D eigenvalue weighted by Crippen LogP contribution is 2.19. The van der Waals surface area contributed by atoms with Crippen LogP contribution < -0.4 is 5.32 Å². The van der Waals surface area contributed by atoms with Crippen LogP contribution in [-0.4, -0.2) is 50.3 Å². The summed E-state index contributed by atoms with van der Waals surface area (Å²) < 4.78 is 5.56. The number of aryl methyl sites for hydroxylation is 1. The second kappa shape index (κ2) is 7.22. The molecule has 0 fully saturated rings. The van der Waals surface area contributed by atoms with E-state index in [0.29, 0.717) is 6.61 Å². The van der Waals surface area contributed by atoms with Crippen molar-refractivity contribution >= 4 is 16.7 Å². The second-order valence-electron chi connectivity index (χ2n) is 5.19. The van der Waals surface area contributed by atoms with Gasteiger partial charge in [0.05, 0.1) is 18.7 Å². The molecule has 0 aliphatic heterocycles. The highest BCUT2D eigenvalue weighted by Gasteiger charge is 2.02. The number of nitrogens with one attached hydrogen (secondary N) is 1. The summed E-state index contributed by atoms with van der Waals surface area (Å²) in [5, 5.41) is 4.52. The Morgan fingerprint density at radius 3 is 2.80 bits per heavy atom. The molecule has 4 nitrogen and oxygen atoms in total. The Hall–Kier alpha value is -1.65. The monoisotopic (exact) mass is 273 g/mol. The van der Waals surface area contributed by atoms with Gasteiger partial charge in [-0.25, -0.2) is 4.98 Å². The molecule has 0 aliphatic rings. The predicted octanol–water partition coefficient (Wildman–Crippen LogP) is 2.53. The van der Waals surface area contributed by atoms with E-state index in [1.807, 2.05) is 32.3 Å². The van der Waals surface area contributed by atoms with Crippen LogP contribution in [-0.2, 0) is 4.74 Å². The van der Waals surface area contributed by atoms with Gasteiger partial charge in [-0.1, -0.05) is 18.2 Å². The van der Waals surface area contributed by atoms with Crippen molar-refractivity contribution in [2.24, 2.45) is 0 Å². The number of fused-ring (bicyclic) bond motifs is 1. The van der Waals surface area contributed by atoms with Gasteiger partial charge >= 0.3 is 0 Å². The third kappa shape index (κ3) is 4.18. The minimum atomic E-state index is 0.696. The number of benzene rings is 1. The van der Waals surface area contributed by atoms with E-state index >= 15 is 0 Å². The lowest BCUT2D eigenvalue weighted by atomic mass is 10.1. The lowest BCUT2D eigenvalue weighted by molar-refractivity contribution is 0.126. The number of anilines is 1. The maximum absolute atomic E-state index is 5.56. The molecule has 0 amide bonds. The van der Waals surface area contributed by atoms with E-state index in [4.69, 9.17) is 4.74 Å². The van der Waals surface area contributed by atoms with Crippen molar-refractivity contribution in [3.63, 3.8) is 0 Å². The molecule has 0 spiro atoms. The zero-order valence-electron chi connectivity index (χ0n) is 12.5. The van der Waals surface area contributed by atoms with Crippen molar-refractivity contribution < 1.29 is 4.74 Å². The van der Waals surface area contributed by atoms with Crippen LogP contribution in [0.2, 0.25) is 0 Å². The van der Waals surface area contributed by atoms with Crippen LogP contribution in [0, 0.1) is 6.92 Å². The molecule has 108 valence electrons. The summed E-state index contributed by atoms with van der Waals surface area (Å²) in [5.74, 6) is 0.944. The van der Waals surface area contributed by atoms with Crippen LogP contribution in [0.3, 0.4) is 0 Å². The molecular formula is C16H23N3O. The second-order valence-corrected chi connectivity index (χ2v) is 5.19. The van der Waals surface area contributed by atoms with Gasteiger partial charge in [-0.3, -0.25) is 0 Å². The standard InChI is InChI=1S/C16H23N3O/c1-13-12-14-6-4-5-7-15(14)18-16(13)17-8-10-20-11-9-19(2)3/h4-7,12H,8-11H2,1-3H3,(H,17,18). The van der Waals surface area contributed by atoms with Gasteiger partial charge in [-0.05, 0) is 38.7 Å². The summed E-state index contributed by atoms with van der Waals surface area (Å²) in [5.41, 5.74) is 2.19. The summed E-state index contributed by atoms with van der Waals surface area (Å²) in [6.45, 7) is 5.27. The van der Waals surface area contributed by atoms with Gasteiger partial charge in [0.2, 0.25) is 0 Å². The molecule has 1 N–H and O–H groups in total. The van der Waals surface area contributed by atoms with E-state index in [1.165, 1.54) is 5.39 Å². The molecule has 0 saturated heterocycles. The largest absolute Gasteiger partial charge is 0.378 e. The van der Waals surface area contributed by atoms with Crippen LogP contribution in [0.4, 0.5) is 5.82 Å². The molecule has 0 saturated carbocycles. The number of aromatic nitrogens is 1. The number of rotatable bonds is 7. The van der Waals surface area contributed by atoms with Gasteiger partial charge in [-0.15, -0.1) is 0 Å². The SMILES string of the molecule is Cc1cc2ccccc2nc1NCCOCCN(C)C. The van der Waals surface area contributed by atoms with Gasteiger partial charge < -0.3 is 15.0 Å². The van der Waals surface area contributed by atoms with E-state index in [9.17, 15) is 0 Å². The molecule has 2 rings (SSSR count). The molecule has 1 aromatic heterocycles. The minimum Gasteiger partial charge on any atom is -0.378 e. The number of hydrogen-bond donors (Lipinski definition) is 1. The van der Waals surface area contributed by atoms with Crippen molar-refractivity contribution in [1.82, 2.24) is 9.88 Å². The van der Waals surface area contributed by atoms with Crippen LogP contribution in [0.1, 0.15) is 5.56 Å². The van der Waals surface area contributed by atoms with Gasteiger partial charge in [0, 0.05) is 18.5 Å². The average Bonchev–Trinajstić information content (AvgIpc) is 2.42. The Bertz CT molecular complexity index is 554. The molecule has 2 aromatic rings. The number of nitrogens with zero attached hydrogens (tertiary/aromatic N) is 2. The first kappa shape index (κ1) is 14.8. The number of para-hydroxylation sites is 1. The first-order valence-corrected chi connectivity index (χ1v) is 6.99. The molecule has 1 heterocycles. The highest BCUT2D eigenvalue weighted by atomic mass is 16.5. The van der Waals surface area contributed by atoms with E-state index in [1.54, 1.807) is 0 Å². The van der Waals surface area contributed by atoms with Crippen molar-refractivity contribution in [3.8, 4) is 0 Å². The smallest absolute Gasteiger partial charge is 0.129 e. The van der Waals surface area contributed by atoms with E-state index in [-0.39, 0.29) is 0 Å². The van der Waals surface area contributed by atoms with E-state index in [2.05, 4.69) is 34.3 Å². The maximum atomic E-state index is 5.56. The molecule has 0 atom stereocenters. The zero-order valence-corrected chi connectivity index (χ0v) is 12.5. The summed E-state index contributed by atoms with van der Waals surface area (Å²) in [6, 6.07) is 10.3. The first-order valence-electron chi connectivity index (χ1n) is 6.99. The topological polar surface area (TPSA) is 37.4 Å². The van der Waals surface area contributed by atoms with Crippen molar-refractivity contribution in [2.75, 3.05) is 45.7 Å². The molecule has 4 heteroatoms. The summed E-state index contributed by atoms with van der Waals surface area (Å²) in [4.78, 5) is 6.76. The average molecular weight is 273 g/mol. The van der Waals surface area contributed by atoms with Crippen molar-refractivity contribution in [1.29, 1.82) is 0 Å². The molecule has 0 aliphatic carbocycles. The molecule has 0 radical (unpaired) electrons. The predicted molar refractivity (Wildman–Crippen MR) is 84.3 cm³/mol. The van der Waals surface area contributed by atoms with Crippen LogP contribution in [0.5, 0.6) is 0 Å². The van der Waals surface area contributed by atoms with Crippen LogP contribution >= 0.6 is 0 Å². The van der Waals surface area contributed by atoms with Crippen LogP contribution in [0.25, 0.3) is 10.9 Å². The zero-order chi connectivity index (χ0) is 14.4. The third-order valence-corrected chi connectivity index (χ3v) is 3.14. The normalized spacial score (nSPS) is 11.2. The van der Waals surface area contributed by atoms with Crippen molar-refractivity contribution in [2.45, 2.75) is 6.92 Å². The summed E-state index contributed by atoms with van der Waals surface area (Å²) in [7, 11) is 4.09. The maximum Gasteiger partial charge on any atom is 0.129 e. The number of ether oxygens (including phenoxy) is 1. The quantitative estimate of drug-likeness (QED) is 0.787. The van der Waals surface area contributed by atoms with Crippen LogP contribution in [0.15, 0.2) is 30.3 Å². The Labute approximate surface area is 120 Å². The Morgan fingerprint density at radius 2 is 2.00 bits per heavy atom. The van der Waals surface area contributed by atoms with Gasteiger partial charge in [0.15, 0.2) is 0 Å². The number of likely N-dealkylation sites (N-methyl/N-ethyl adjacent to an activating group) is 1. The third-order valence-electron chi connectivity index (χ3n) is 3.14. The fourth-order valence-corrected chi connectivity index (χ4v) is 1.99. The molecule has 20 heavy (non-hydrogen) atoms. The van der Waals surface area contributed by atoms with E-state index in [0.717, 1.165) is 36.6 Å². The minimum absolute atomic E-state index is 0.696. The highest BCUT2D eigenvalue weighted by molar-refractivity contribution is 5.81. The van der Waals surface area contributed by atoms with Crippen molar-refractivity contribution in [3.05, 3.63) is 35.9 Å². The van der Waals surface area contributed by atoms with Gasteiger partial charge in [0.1, 0.15) is 5.82 Å². The lowest BCUT2D eigenvalue weighted by Gasteiger charge is -2.12. The Kier molecular flexibility index (Phi) is 5.32. The number of hydrogen-bond acceptors (Lipinski definition) is 4. The molecular weight excluding hydrogens is 250 g/mol. The molecule has 0 unspecified atom stereocenters. The van der Waals surface area contributed by atoms with E-state index < -0.39 is 0 Å². The summed E-state index contributed by atoms with van der Waals surface area (Å²) >= 11 is 0. The van der Waals surface area contributed by atoms with Gasteiger partial charge in [-0.2, -0.15) is 0 Å². The first-order chi connectivity index (χ1) is 9.66. The fourth-order valence-electron chi connectivity index (χ4n) is 1.99. The van der Waals surface area contributed by atoms with Gasteiger partial charge in [0.25, 0.3) is 0 Å². The lowest BCUT2D eigenvalue weighted by Crippen LogP contribution is -2.20. The number of pyridine rings is 1. The Morgan fingerprint density at radius 1 is 1.20 bits per heavy atom. The summed E-state index contributed by atoms with van der Waals surface area (Å²) in [6.07, 6.45) is 0. The Balaban J connectivity index is 1.85. The molecule has 1 aromatic carbocycles. The molecule has 0 bridgehead atoms.